The summed E-state index contributed by atoms with van der Waals surface area (Å²) < 4.78 is 45.8. The molecule has 0 aliphatic rings. The van der Waals surface area contributed by atoms with Crippen LogP contribution in [-0.4, -0.2) is 21.6 Å². The van der Waals surface area contributed by atoms with E-state index in [-0.39, 0.29) is 5.56 Å². The minimum atomic E-state index is -2.88. The van der Waals surface area contributed by atoms with Crippen LogP contribution in [0.15, 0.2) is 30.5 Å². The summed E-state index contributed by atoms with van der Waals surface area (Å²) in [4.78, 5) is 12.9. The van der Waals surface area contributed by atoms with E-state index in [1.807, 2.05) is 6.92 Å². The second-order valence-corrected chi connectivity index (χ2v) is 6.01. The highest BCUT2D eigenvalue weighted by molar-refractivity contribution is 5.89. The van der Waals surface area contributed by atoms with Crippen molar-refractivity contribution >= 4 is 16.7 Å². The fourth-order valence-electron chi connectivity index (χ4n) is 2.82. The van der Waals surface area contributed by atoms with Crippen molar-refractivity contribution in [2.75, 3.05) is 11.9 Å². The van der Waals surface area contributed by atoms with Crippen molar-refractivity contribution < 1.29 is 17.9 Å². The van der Waals surface area contributed by atoms with Gasteiger partial charge in [0.1, 0.15) is 17.5 Å². The summed E-state index contributed by atoms with van der Waals surface area (Å²) in [5.74, 6) is 0.457. The third kappa shape index (κ3) is 3.94. The average molecular weight is 376 g/mol. The summed E-state index contributed by atoms with van der Waals surface area (Å²) in [6.07, 6.45) is -1.30. The van der Waals surface area contributed by atoms with Crippen LogP contribution >= 0.6 is 0 Å². The maximum Gasteiger partial charge on any atom is 0.266 e. The number of nitrogens with zero attached hydrogens (tertiary/aromatic N) is 3. The van der Waals surface area contributed by atoms with Gasteiger partial charge >= 0.3 is 0 Å². The Morgan fingerprint density at radius 1 is 1.19 bits per heavy atom. The van der Waals surface area contributed by atoms with Crippen molar-refractivity contribution in [3.05, 3.63) is 53.2 Å². The quantitative estimate of drug-likeness (QED) is 0.657. The van der Waals surface area contributed by atoms with Crippen LogP contribution in [0.5, 0.6) is 5.88 Å². The molecule has 5 nitrogen and oxygen atoms in total. The van der Waals surface area contributed by atoms with Crippen LogP contribution in [0.25, 0.3) is 10.9 Å². The van der Waals surface area contributed by atoms with E-state index in [4.69, 9.17) is 4.74 Å². The number of nitrogens with one attached hydrogen (secondary N) is 1. The molecule has 0 spiro atoms. The van der Waals surface area contributed by atoms with Crippen molar-refractivity contribution in [2.24, 2.45) is 0 Å². The molecular weight excluding hydrogens is 357 g/mol. The monoisotopic (exact) mass is 376 g/mol. The van der Waals surface area contributed by atoms with E-state index in [9.17, 15) is 13.2 Å². The van der Waals surface area contributed by atoms with E-state index in [1.54, 1.807) is 26.1 Å². The highest BCUT2D eigenvalue weighted by Gasteiger charge is 2.20. The number of ether oxygens (including phenoxy) is 1. The van der Waals surface area contributed by atoms with Crippen LogP contribution in [0, 0.1) is 12.7 Å². The Hall–Kier alpha value is -2.90. The largest absolute Gasteiger partial charge is 0.478 e. The number of anilines is 1. The SMILES string of the molecule is CCOc1cc2c(NC(C)c3cccc(C(F)F)c3F)nc(C)nc2cn1. The first-order valence-electron chi connectivity index (χ1n) is 8.50. The summed E-state index contributed by atoms with van der Waals surface area (Å²) in [5, 5.41) is 3.75. The molecule has 3 rings (SSSR count). The highest BCUT2D eigenvalue weighted by Crippen LogP contribution is 2.30. The maximum absolute atomic E-state index is 14.5. The van der Waals surface area contributed by atoms with Gasteiger partial charge in [0.25, 0.3) is 6.43 Å². The minimum absolute atomic E-state index is 0.135. The second-order valence-electron chi connectivity index (χ2n) is 6.01. The normalized spacial score (nSPS) is 12.4. The predicted molar refractivity (Wildman–Crippen MR) is 96.6 cm³/mol. The predicted octanol–water partition coefficient (Wildman–Crippen LogP) is 4.98. The fraction of sp³-hybridized carbons (Fsp3) is 0.316. The Labute approximate surface area is 154 Å². The van der Waals surface area contributed by atoms with E-state index >= 15 is 0 Å². The molecule has 0 amide bonds. The number of pyridine rings is 1. The van der Waals surface area contributed by atoms with Gasteiger partial charge in [-0.3, -0.25) is 0 Å². The molecule has 0 radical (unpaired) electrons. The molecule has 1 aromatic carbocycles. The summed E-state index contributed by atoms with van der Waals surface area (Å²) in [6.45, 7) is 5.71. The molecule has 1 unspecified atom stereocenters. The smallest absolute Gasteiger partial charge is 0.266 e. The van der Waals surface area contributed by atoms with Crippen molar-refractivity contribution in [1.29, 1.82) is 0 Å². The Kier molecular flexibility index (Phi) is 5.43. The van der Waals surface area contributed by atoms with Gasteiger partial charge in [0.05, 0.1) is 29.9 Å². The molecule has 0 bridgehead atoms. The lowest BCUT2D eigenvalue weighted by molar-refractivity contribution is 0.146. The zero-order chi connectivity index (χ0) is 19.6. The van der Waals surface area contributed by atoms with Crippen LogP contribution in [0.4, 0.5) is 19.0 Å². The van der Waals surface area contributed by atoms with E-state index in [0.29, 0.717) is 35.0 Å². The topological polar surface area (TPSA) is 59.9 Å². The number of rotatable bonds is 6. The first-order chi connectivity index (χ1) is 12.9. The van der Waals surface area contributed by atoms with Gasteiger partial charge in [-0.05, 0) is 20.8 Å². The standard InChI is InChI=1S/C19H19F3N4O/c1-4-27-16-8-14-15(9-23-16)25-11(3)26-19(14)24-10(2)12-6-5-7-13(17(12)20)18(21)22/h5-10,18H,4H2,1-3H3,(H,24,25,26). The lowest BCUT2D eigenvalue weighted by Crippen LogP contribution is -2.12. The molecule has 142 valence electrons. The maximum atomic E-state index is 14.5. The van der Waals surface area contributed by atoms with Gasteiger partial charge in [-0.15, -0.1) is 0 Å². The Morgan fingerprint density at radius 2 is 1.93 bits per heavy atom. The number of aryl methyl sites for hydroxylation is 1. The molecule has 0 aliphatic carbocycles. The minimum Gasteiger partial charge on any atom is -0.478 e. The molecule has 8 heteroatoms. The fourth-order valence-corrected chi connectivity index (χ4v) is 2.82. The summed E-state index contributed by atoms with van der Waals surface area (Å²) >= 11 is 0. The van der Waals surface area contributed by atoms with Gasteiger partial charge in [0.15, 0.2) is 0 Å². The number of alkyl halides is 2. The van der Waals surface area contributed by atoms with Gasteiger partial charge < -0.3 is 10.1 Å². The third-order valence-electron chi connectivity index (χ3n) is 4.07. The van der Waals surface area contributed by atoms with Gasteiger partial charge in [-0.2, -0.15) is 0 Å². The number of hydrogen-bond acceptors (Lipinski definition) is 5. The number of aromatic nitrogens is 3. The molecule has 2 aromatic heterocycles. The number of halogens is 3. The van der Waals surface area contributed by atoms with E-state index in [0.717, 1.165) is 6.07 Å². The highest BCUT2D eigenvalue weighted by atomic mass is 19.3. The first-order valence-corrected chi connectivity index (χ1v) is 8.50. The van der Waals surface area contributed by atoms with Gasteiger partial charge in [0, 0.05) is 17.0 Å². The van der Waals surface area contributed by atoms with Crippen LogP contribution in [0.1, 0.15) is 43.3 Å². The van der Waals surface area contributed by atoms with Crippen LogP contribution < -0.4 is 10.1 Å². The molecule has 1 atom stereocenters. The van der Waals surface area contributed by atoms with Gasteiger partial charge in [0.2, 0.25) is 5.88 Å². The summed E-state index contributed by atoms with van der Waals surface area (Å²) in [7, 11) is 0. The van der Waals surface area contributed by atoms with Gasteiger partial charge in [-0.1, -0.05) is 18.2 Å². The van der Waals surface area contributed by atoms with Crippen LogP contribution in [0.2, 0.25) is 0 Å². The Bertz CT molecular complexity index is 965. The van der Waals surface area contributed by atoms with E-state index < -0.39 is 23.8 Å². The van der Waals surface area contributed by atoms with E-state index in [1.165, 1.54) is 12.1 Å². The molecule has 1 N–H and O–H groups in total. The van der Waals surface area contributed by atoms with Crippen molar-refractivity contribution in [3.8, 4) is 5.88 Å². The average Bonchev–Trinajstić information content (AvgIpc) is 2.62. The zero-order valence-electron chi connectivity index (χ0n) is 15.1. The number of fused-ring (bicyclic) bond motifs is 1. The summed E-state index contributed by atoms with van der Waals surface area (Å²) in [6, 6.07) is 5.07. The Balaban J connectivity index is 2.01. The van der Waals surface area contributed by atoms with Crippen molar-refractivity contribution in [1.82, 2.24) is 15.0 Å². The second kappa shape index (κ2) is 7.77. The van der Waals surface area contributed by atoms with Crippen LogP contribution in [0.3, 0.4) is 0 Å². The molecule has 27 heavy (non-hydrogen) atoms. The molecule has 0 aliphatic heterocycles. The third-order valence-corrected chi connectivity index (χ3v) is 4.07. The Morgan fingerprint density at radius 3 is 2.63 bits per heavy atom. The molecule has 3 aromatic rings. The van der Waals surface area contributed by atoms with Crippen molar-refractivity contribution in [3.63, 3.8) is 0 Å². The molecule has 2 heterocycles. The lowest BCUT2D eigenvalue weighted by atomic mass is 10.0. The van der Waals surface area contributed by atoms with E-state index in [2.05, 4.69) is 20.3 Å². The lowest BCUT2D eigenvalue weighted by Gasteiger charge is -2.18. The molecule has 0 fully saturated rings. The van der Waals surface area contributed by atoms with Crippen molar-refractivity contribution in [2.45, 2.75) is 33.2 Å². The molecule has 0 saturated carbocycles. The number of benzene rings is 1. The van der Waals surface area contributed by atoms with Crippen LogP contribution in [-0.2, 0) is 0 Å². The first kappa shape index (κ1) is 18.9. The zero-order valence-corrected chi connectivity index (χ0v) is 15.1. The molecule has 0 saturated heterocycles. The summed E-state index contributed by atoms with van der Waals surface area (Å²) in [5.41, 5.74) is 0.117. The number of hydrogen-bond donors (Lipinski definition) is 1. The molecular formula is C19H19F3N4O. The van der Waals surface area contributed by atoms with Gasteiger partial charge in [-0.25, -0.2) is 28.1 Å².